The molecule has 0 saturated carbocycles. The monoisotopic (exact) mass is 330 g/mol. The summed E-state index contributed by atoms with van der Waals surface area (Å²) in [7, 11) is 0. The van der Waals surface area contributed by atoms with Gasteiger partial charge in [0.1, 0.15) is 16.6 Å². The van der Waals surface area contributed by atoms with E-state index in [2.05, 4.69) is 20.9 Å². The van der Waals surface area contributed by atoms with Crippen LogP contribution in [0.25, 0.3) is 0 Å². The first-order valence-corrected chi connectivity index (χ1v) is 6.25. The summed E-state index contributed by atoms with van der Waals surface area (Å²) in [6.45, 7) is 0.280. The second kappa shape index (κ2) is 5.65. The molecule has 2 N–H and O–H groups in total. The Morgan fingerprint density at radius 2 is 2.17 bits per heavy atom. The van der Waals surface area contributed by atoms with Gasteiger partial charge in [-0.05, 0) is 39.7 Å². The fourth-order valence-electron chi connectivity index (χ4n) is 1.35. The summed E-state index contributed by atoms with van der Waals surface area (Å²) in [4.78, 5) is 4.00. The Bertz CT molecular complexity index is 580. The minimum Gasteiger partial charge on any atom is -0.436 e. The molecule has 2 rings (SSSR count). The fraction of sp³-hybridized carbons (Fsp3) is 0.0833. The fourth-order valence-corrected chi connectivity index (χ4v) is 1.91. The van der Waals surface area contributed by atoms with Gasteiger partial charge in [0, 0.05) is 18.8 Å². The molecule has 1 heterocycles. The second-order valence-electron chi connectivity index (χ2n) is 3.47. The number of ether oxygens (including phenoxy) is 1. The van der Waals surface area contributed by atoms with Gasteiger partial charge in [-0.1, -0.05) is 11.6 Å². The maximum Gasteiger partial charge on any atom is 0.238 e. The molecule has 2 aromatic rings. The minimum absolute atomic E-state index is 0.200. The summed E-state index contributed by atoms with van der Waals surface area (Å²) in [6.07, 6.45) is 1.54. The predicted octanol–water partition coefficient (Wildman–Crippen LogP) is 3.89. The Hall–Kier alpha value is -1.17. The van der Waals surface area contributed by atoms with E-state index in [4.69, 9.17) is 22.1 Å². The van der Waals surface area contributed by atoms with E-state index in [9.17, 15) is 4.39 Å². The zero-order valence-corrected chi connectivity index (χ0v) is 11.5. The number of benzene rings is 1. The Balaban J connectivity index is 2.37. The predicted molar refractivity (Wildman–Crippen MR) is 71.3 cm³/mol. The molecule has 0 aliphatic heterocycles. The minimum atomic E-state index is -0.403. The summed E-state index contributed by atoms with van der Waals surface area (Å²) in [5, 5.41) is 0.330. The highest BCUT2D eigenvalue weighted by molar-refractivity contribution is 9.10. The lowest BCUT2D eigenvalue weighted by Crippen LogP contribution is -1.99. The summed E-state index contributed by atoms with van der Waals surface area (Å²) in [5.41, 5.74) is 6.25. The quantitative estimate of drug-likeness (QED) is 0.928. The Kier molecular flexibility index (Phi) is 4.16. The molecule has 0 saturated heterocycles. The van der Waals surface area contributed by atoms with Gasteiger partial charge < -0.3 is 10.5 Å². The van der Waals surface area contributed by atoms with Crippen molar-refractivity contribution in [3.8, 4) is 11.6 Å². The van der Waals surface area contributed by atoms with Crippen molar-refractivity contribution in [2.24, 2.45) is 5.73 Å². The van der Waals surface area contributed by atoms with Gasteiger partial charge in [0.15, 0.2) is 0 Å². The van der Waals surface area contributed by atoms with Crippen molar-refractivity contribution >= 4 is 27.5 Å². The number of pyridine rings is 1. The molecular formula is C12H9BrClFN2O. The molecular weight excluding hydrogens is 322 g/mol. The number of nitrogens with two attached hydrogens (primary N) is 1. The van der Waals surface area contributed by atoms with Crippen molar-refractivity contribution in [2.75, 3.05) is 0 Å². The van der Waals surface area contributed by atoms with E-state index in [-0.39, 0.29) is 12.4 Å². The number of aromatic nitrogens is 1. The van der Waals surface area contributed by atoms with Gasteiger partial charge in [-0.25, -0.2) is 9.37 Å². The first-order valence-electron chi connectivity index (χ1n) is 5.08. The van der Waals surface area contributed by atoms with Crippen LogP contribution < -0.4 is 10.5 Å². The maximum absolute atomic E-state index is 13.1. The van der Waals surface area contributed by atoms with Gasteiger partial charge in [0.25, 0.3) is 0 Å². The summed E-state index contributed by atoms with van der Waals surface area (Å²) in [6, 6.07) is 5.82. The summed E-state index contributed by atoms with van der Waals surface area (Å²) >= 11 is 9.34. The Morgan fingerprint density at radius 1 is 1.39 bits per heavy atom. The Morgan fingerprint density at radius 3 is 2.89 bits per heavy atom. The maximum atomic E-state index is 13.1. The molecule has 0 aliphatic carbocycles. The molecule has 0 fully saturated rings. The van der Waals surface area contributed by atoms with Gasteiger partial charge >= 0.3 is 0 Å². The second-order valence-corrected chi connectivity index (χ2v) is 4.70. The van der Waals surface area contributed by atoms with Crippen LogP contribution in [0.5, 0.6) is 11.6 Å². The van der Waals surface area contributed by atoms with Crippen LogP contribution in [0.15, 0.2) is 34.9 Å². The van der Waals surface area contributed by atoms with E-state index >= 15 is 0 Å². The van der Waals surface area contributed by atoms with E-state index in [1.54, 1.807) is 12.1 Å². The molecule has 94 valence electrons. The topological polar surface area (TPSA) is 48.1 Å². The third kappa shape index (κ3) is 2.80. The van der Waals surface area contributed by atoms with Gasteiger partial charge in [0.05, 0.1) is 4.47 Å². The molecule has 0 atom stereocenters. The first-order chi connectivity index (χ1) is 8.61. The van der Waals surface area contributed by atoms with Crippen LogP contribution in [0.3, 0.4) is 0 Å². The van der Waals surface area contributed by atoms with Gasteiger partial charge in [-0.15, -0.1) is 0 Å². The van der Waals surface area contributed by atoms with Crippen LogP contribution in [0.4, 0.5) is 4.39 Å². The van der Waals surface area contributed by atoms with E-state index in [1.807, 2.05) is 0 Å². The first kappa shape index (κ1) is 13.3. The van der Waals surface area contributed by atoms with Crippen molar-refractivity contribution in [1.29, 1.82) is 0 Å². The lowest BCUT2D eigenvalue weighted by Gasteiger charge is -2.10. The van der Waals surface area contributed by atoms with Crippen LogP contribution in [-0.2, 0) is 6.54 Å². The molecule has 3 nitrogen and oxygen atoms in total. The normalized spacial score (nSPS) is 10.4. The van der Waals surface area contributed by atoms with Crippen LogP contribution in [0.1, 0.15) is 5.56 Å². The van der Waals surface area contributed by atoms with Crippen molar-refractivity contribution in [2.45, 2.75) is 6.54 Å². The smallest absolute Gasteiger partial charge is 0.238 e. The van der Waals surface area contributed by atoms with Gasteiger partial charge in [0.2, 0.25) is 5.88 Å². The molecule has 0 spiro atoms. The number of nitrogens with zero attached hydrogens (tertiary/aromatic N) is 1. The molecule has 0 amide bonds. The van der Waals surface area contributed by atoms with Gasteiger partial charge in [-0.3, -0.25) is 0 Å². The van der Waals surface area contributed by atoms with Crippen molar-refractivity contribution in [3.63, 3.8) is 0 Å². The van der Waals surface area contributed by atoms with E-state index in [0.29, 0.717) is 20.8 Å². The zero-order valence-electron chi connectivity index (χ0n) is 9.16. The summed E-state index contributed by atoms with van der Waals surface area (Å²) < 4.78 is 19.2. The molecule has 18 heavy (non-hydrogen) atoms. The lowest BCUT2D eigenvalue weighted by atomic mass is 10.2. The molecule has 0 unspecified atom stereocenters. The van der Waals surface area contributed by atoms with E-state index < -0.39 is 5.82 Å². The van der Waals surface area contributed by atoms with Crippen LogP contribution >= 0.6 is 27.5 Å². The Labute approximate surface area is 117 Å². The highest BCUT2D eigenvalue weighted by atomic mass is 79.9. The van der Waals surface area contributed by atoms with Crippen LogP contribution in [0.2, 0.25) is 5.02 Å². The standard InChI is InChI=1S/C12H9BrClFN2O/c13-9-2-1-8(15)5-10(9)18-12-11(14)7(6-16)3-4-17-12/h1-5H,6,16H2. The summed E-state index contributed by atoms with van der Waals surface area (Å²) in [5.74, 6) is 0.101. The molecule has 1 aromatic heterocycles. The molecule has 6 heteroatoms. The van der Waals surface area contributed by atoms with Gasteiger partial charge in [-0.2, -0.15) is 0 Å². The average Bonchev–Trinajstić information content (AvgIpc) is 2.36. The third-order valence-electron chi connectivity index (χ3n) is 2.26. The zero-order chi connectivity index (χ0) is 13.1. The lowest BCUT2D eigenvalue weighted by molar-refractivity contribution is 0.455. The van der Waals surface area contributed by atoms with E-state index in [1.165, 1.54) is 18.3 Å². The number of hydrogen-bond donors (Lipinski definition) is 1. The number of hydrogen-bond acceptors (Lipinski definition) is 3. The molecule has 0 bridgehead atoms. The molecule has 0 aliphatic rings. The third-order valence-corrected chi connectivity index (χ3v) is 3.32. The van der Waals surface area contributed by atoms with Crippen molar-refractivity contribution in [1.82, 2.24) is 4.98 Å². The highest BCUT2D eigenvalue weighted by Gasteiger charge is 2.11. The molecule has 1 aromatic carbocycles. The number of rotatable bonds is 3. The largest absolute Gasteiger partial charge is 0.436 e. The van der Waals surface area contributed by atoms with Crippen molar-refractivity contribution < 1.29 is 9.13 Å². The number of halogens is 3. The van der Waals surface area contributed by atoms with E-state index in [0.717, 1.165) is 0 Å². The van der Waals surface area contributed by atoms with Crippen LogP contribution in [-0.4, -0.2) is 4.98 Å². The van der Waals surface area contributed by atoms with Crippen molar-refractivity contribution in [3.05, 3.63) is 51.3 Å². The highest BCUT2D eigenvalue weighted by Crippen LogP contribution is 2.33. The SMILES string of the molecule is NCc1ccnc(Oc2cc(F)ccc2Br)c1Cl. The average molecular weight is 332 g/mol. The van der Waals surface area contributed by atoms with Crippen LogP contribution in [0, 0.1) is 5.82 Å². The molecule has 0 radical (unpaired) electrons.